The number of hydrogen-bond donors (Lipinski definition) is 2. The van der Waals surface area contributed by atoms with Gasteiger partial charge in [0.25, 0.3) is 5.88 Å². The third kappa shape index (κ3) is 3.50. The molecule has 0 aliphatic carbocycles. The smallest absolute Gasteiger partial charge is 0.269 e. The maximum atomic E-state index is 5.82. The Morgan fingerprint density at radius 3 is 2.55 bits per heavy atom. The molecule has 1 heterocycles. The Labute approximate surface area is 117 Å². The molecular formula is C14H18N4O2. The van der Waals surface area contributed by atoms with E-state index in [1.165, 1.54) is 0 Å². The van der Waals surface area contributed by atoms with Crippen LogP contribution >= 0.6 is 0 Å². The number of nitrogens with zero attached hydrogens (tertiary/aromatic N) is 2. The van der Waals surface area contributed by atoms with E-state index >= 15 is 0 Å². The van der Waals surface area contributed by atoms with Crippen molar-refractivity contribution in [3.05, 3.63) is 30.3 Å². The zero-order chi connectivity index (χ0) is 14.4. The Bertz CT molecular complexity index is 561. The molecule has 0 unspecified atom stereocenters. The highest BCUT2D eigenvalue weighted by Gasteiger charge is 2.15. The summed E-state index contributed by atoms with van der Waals surface area (Å²) in [5, 5.41) is 0. The van der Waals surface area contributed by atoms with Crippen LogP contribution in [0.15, 0.2) is 30.3 Å². The molecule has 6 heteroatoms. The molecule has 0 bridgehead atoms. The Hall–Kier alpha value is -2.50. The molecule has 20 heavy (non-hydrogen) atoms. The van der Waals surface area contributed by atoms with Crippen LogP contribution in [0.1, 0.15) is 19.8 Å². The molecule has 1 aromatic carbocycles. The number of anilines is 2. The van der Waals surface area contributed by atoms with Gasteiger partial charge in [0.05, 0.1) is 6.61 Å². The van der Waals surface area contributed by atoms with Crippen LogP contribution in [0.3, 0.4) is 0 Å². The summed E-state index contributed by atoms with van der Waals surface area (Å²) < 4.78 is 11.3. The van der Waals surface area contributed by atoms with Gasteiger partial charge < -0.3 is 20.9 Å². The second kappa shape index (κ2) is 6.60. The van der Waals surface area contributed by atoms with Crippen LogP contribution in [0.25, 0.3) is 0 Å². The third-order valence-electron chi connectivity index (χ3n) is 2.58. The molecule has 4 N–H and O–H groups in total. The second-order valence-electron chi connectivity index (χ2n) is 4.22. The van der Waals surface area contributed by atoms with E-state index in [0.29, 0.717) is 18.1 Å². The third-order valence-corrected chi connectivity index (χ3v) is 2.58. The predicted molar refractivity (Wildman–Crippen MR) is 77.8 cm³/mol. The summed E-state index contributed by atoms with van der Waals surface area (Å²) in [5.41, 5.74) is 11.4. The van der Waals surface area contributed by atoms with Gasteiger partial charge in [-0.05, 0) is 18.6 Å². The molecule has 2 aromatic rings. The Kier molecular flexibility index (Phi) is 4.60. The lowest BCUT2D eigenvalue weighted by molar-refractivity contribution is 0.292. The zero-order valence-electron chi connectivity index (χ0n) is 11.4. The first-order valence-electron chi connectivity index (χ1n) is 6.49. The van der Waals surface area contributed by atoms with E-state index < -0.39 is 0 Å². The van der Waals surface area contributed by atoms with Gasteiger partial charge in [0.2, 0.25) is 11.7 Å². The molecule has 0 spiro atoms. The van der Waals surface area contributed by atoms with E-state index in [4.69, 9.17) is 20.9 Å². The van der Waals surface area contributed by atoms with Gasteiger partial charge >= 0.3 is 0 Å². The van der Waals surface area contributed by atoms with E-state index in [1.807, 2.05) is 30.3 Å². The fourth-order valence-corrected chi connectivity index (χ4v) is 1.59. The van der Waals surface area contributed by atoms with Crippen molar-refractivity contribution in [2.45, 2.75) is 19.8 Å². The normalized spacial score (nSPS) is 10.2. The van der Waals surface area contributed by atoms with Crippen molar-refractivity contribution < 1.29 is 9.47 Å². The average molecular weight is 274 g/mol. The van der Waals surface area contributed by atoms with Crippen molar-refractivity contribution in [3.63, 3.8) is 0 Å². The molecule has 0 saturated heterocycles. The van der Waals surface area contributed by atoms with E-state index in [0.717, 1.165) is 12.8 Å². The standard InChI is InChI=1S/C14H18N4O2/c1-2-3-9-19-11-12(15)17-14(16)18-13(11)20-10-7-5-4-6-8-10/h4-8H,2-3,9H2,1H3,(H4,15,16,17,18). The van der Waals surface area contributed by atoms with Crippen LogP contribution in [0.5, 0.6) is 17.4 Å². The Morgan fingerprint density at radius 2 is 1.85 bits per heavy atom. The van der Waals surface area contributed by atoms with Gasteiger partial charge in [-0.25, -0.2) is 0 Å². The molecule has 2 rings (SSSR count). The van der Waals surface area contributed by atoms with Gasteiger partial charge in [-0.15, -0.1) is 0 Å². The molecule has 106 valence electrons. The number of nitrogens with two attached hydrogens (primary N) is 2. The van der Waals surface area contributed by atoms with Crippen molar-refractivity contribution in [3.8, 4) is 17.4 Å². The SMILES string of the molecule is CCCCOc1c(N)nc(N)nc1Oc1ccccc1. The molecule has 0 fully saturated rings. The minimum atomic E-state index is 0.0521. The van der Waals surface area contributed by atoms with E-state index in [1.54, 1.807) is 0 Å². The average Bonchev–Trinajstić information content (AvgIpc) is 2.43. The first kappa shape index (κ1) is 13.9. The van der Waals surface area contributed by atoms with Crippen LogP contribution < -0.4 is 20.9 Å². The van der Waals surface area contributed by atoms with Crippen molar-refractivity contribution in [1.82, 2.24) is 9.97 Å². The lowest BCUT2D eigenvalue weighted by Gasteiger charge is -2.13. The monoisotopic (exact) mass is 274 g/mol. The fourth-order valence-electron chi connectivity index (χ4n) is 1.59. The molecule has 0 aliphatic heterocycles. The highest BCUT2D eigenvalue weighted by Crippen LogP contribution is 2.34. The topological polar surface area (TPSA) is 96.3 Å². The number of unbranched alkanes of at least 4 members (excludes halogenated alkanes) is 1. The van der Waals surface area contributed by atoms with Crippen LogP contribution in [0.2, 0.25) is 0 Å². The van der Waals surface area contributed by atoms with Crippen molar-refractivity contribution in [1.29, 1.82) is 0 Å². The van der Waals surface area contributed by atoms with Gasteiger partial charge in [-0.1, -0.05) is 31.5 Å². The number of ether oxygens (including phenoxy) is 2. The maximum absolute atomic E-state index is 5.82. The van der Waals surface area contributed by atoms with E-state index in [-0.39, 0.29) is 17.6 Å². The fraction of sp³-hybridized carbons (Fsp3) is 0.286. The Balaban J connectivity index is 2.25. The first-order chi connectivity index (χ1) is 9.70. The quantitative estimate of drug-likeness (QED) is 0.786. The highest BCUT2D eigenvalue weighted by atomic mass is 16.5. The maximum Gasteiger partial charge on any atom is 0.269 e. The Morgan fingerprint density at radius 1 is 1.10 bits per heavy atom. The van der Waals surface area contributed by atoms with Gasteiger partial charge in [-0.2, -0.15) is 9.97 Å². The number of rotatable bonds is 6. The van der Waals surface area contributed by atoms with Crippen molar-refractivity contribution in [2.24, 2.45) is 0 Å². The summed E-state index contributed by atoms with van der Waals surface area (Å²) in [4.78, 5) is 7.94. The van der Waals surface area contributed by atoms with Crippen LogP contribution in [0, 0.1) is 0 Å². The highest BCUT2D eigenvalue weighted by molar-refractivity contribution is 5.55. The molecule has 6 nitrogen and oxygen atoms in total. The summed E-state index contributed by atoms with van der Waals surface area (Å²) in [6.45, 7) is 2.60. The molecule has 1 aromatic heterocycles. The number of benzene rings is 1. The van der Waals surface area contributed by atoms with E-state index in [2.05, 4.69) is 16.9 Å². The molecule has 0 amide bonds. The minimum absolute atomic E-state index is 0.0521. The van der Waals surface area contributed by atoms with Crippen LogP contribution in [0.4, 0.5) is 11.8 Å². The first-order valence-corrected chi connectivity index (χ1v) is 6.49. The van der Waals surface area contributed by atoms with Crippen molar-refractivity contribution in [2.75, 3.05) is 18.1 Å². The summed E-state index contributed by atoms with van der Waals surface area (Å²) >= 11 is 0. The van der Waals surface area contributed by atoms with E-state index in [9.17, 15) is 0 Å². The predicted octanol–water partition coefficient (Wildman–Crippen LogP) is 2.61. The summed E-state index contributed by atoms with van der Waals surface area (Å²) in [7, 11) is 0. The van der Waals surface area contributed by atoms with Gasteiger partial charge in [0, 0.05) is 0 Å². The molecule has 0 radical (unpaired) electrons. The molecule has 0 atom stereocenters. The molecule has 0 aliphatic rings. The lowest BCUT2D eigenvalue weighted by atomic mass is 10.3. The summed E-state index contributed by atoms with van der Waals surface area (Å²) in [5.74, 6) is 1.43. The van der Waals surface area contributed by atoms with Crippen LogP contribution in [-0.2, 0) is 0 Å². The number of nitrogen functional groups attached to an aromatic ring is 2. The van der Waals surface area contributed by atoms with Crippen molar-refractivity contribution >= 4 is 11.8 Å². The lowest BCUT2D eigenvalue weighted by Crippen LogP contribution is -2.07. The molecular weight excluding hydrogens is 256 g/mol. The summed E-state index contributed by atoms with van der Waals surface area (Å²) in [6.07, 6.45) is 1.93. The number of para-hydroxylation sites is 1. The van der Waals surface area contributed by atoms with Gasteiger partial charge in [-0.3, -0.25) is 0 Å². The largest absolute Gasteiger partial charge is 0.485 e. The number of aromatic nitrogens is 2. The molecule has 0 saturated carbocycles. The summed E-state index contributed by atoms with van der Waals surface area (Å²) in [6, 6.07) is 9.24. The van der Waals surface area contributed by atoms with Crippen LogP contribution in [-0.4, -0.2) is 16.6 Å². The second-order valence-corrected chi connectivity index (χ2v) is 4.22. The minimum Gasteiger partial charge on any atom is -0.485 e. The zero-order valence-corrected chi connectivity index (χ0v) is 11.4. The van der Waals surface area contributed by atoms with Gasteiger partial charge in [0.1, 0.15) is 5.75 Å². The number of hydrogen-bond acceptors (Lipinski definition) is 6. The van der Waals surface area contributed by atoms with Gasteiger partial charge in [0.15, 0.2) is 5.82 Å².